The van der Waals surface area contributed by atoms with Gasteiger partial charge in [0.2, 0.25) is 0 Å². The summed E-state index contributed by atoms with van der Waals surface area (Å²) in [7, 11) is 0. The van der Waals surface area contributed by atoms with Crippen molar-refractivity contribution in [2.24, 2.45) is 0 Å². The van der Waals surface area contributed by atoms with E-state index in [-0.39, 0.29) is 0 Å². The SMILES string of the molecule is CCC(C)c1ccc(N(c2ccc(C)cc2)c2ccc(C)cc2)cc1. The number of benzene rings is 3. The van der Waals surface area contributed by atoms with Gasteiger partial charge in [-0.2, -0.15) is 0 Å². The Bertz CT molecular complexity index is 753. The molecule has 3 aromatic rings. The van der Waals surface area contributed by atoms with E-state index in [0.29, 0.717) is 5.92 Å². The molecule has 1 atom stereocenters. The summed E-state index contributed by atoms with van der Waals surface area (Å²) in [6.45, 7) is 8.78. The molecule has 1 heteroatoms. The van der Waals surface area contributed by atoms with Crippen molar-refractivity contribution in [1.82, 2.24) is 0 Å². The molecule has 1 unspecified atom stereocenters. The van der Waals surface area contributed by atoms with Crippen LogP contribution < -0.4 is 4.90 Å². The molecular weight excluding hydrogens is 302 g/mol. The van der Waals surface area contributed by atoms with Gasteiger partial charge >= 0.3 is 0 Å². The van der Waals surface area contributed by atoms with Crippen LogP contribution >= 0.6 is 0 Å². The van der Waals surface area contributed by atoms with Crippen molar-refractivity contribution in [2.75, 3.05) is 4.90 Å². The Hall–Kier alpha value is -2.54. The van der Waals surface area contributed by atoms with Gasteiger partial charge in [0.05, 0.1) is 0 Å². The summed E-state index contributed by atoms with van der Waals surface area (Å²) >= 11 is 0. The van der Waals surface area contributed by atoms with E-state index in [4.69, 9.17) is 0 Å². The molecule has 0 N–H and O–H groups in total. The average Bonchev–Trinajstić information content (AvgIpc) is 2.65. The second kappa shape index (κ2) is 7.57. The Labute approximate surface area is 151 Å². The Morgan fingerprint density at radius 3 is 1.36 bits per heavy atom. The molecular formula is C24H27N. The maximum absolute atomic E-state index is 2.32. The van der Waals surface area contributed by atoms with Crippen LogP contribution in [0.1, 0.15) is 42.9 Å². The first-order valence-electron chi connectivity index (χ1n) is 9.12. The number of rotatable bonds is 5. The third-order valence-corrected chi connectivity index (χ3v) is 4.92. The third-order valence-electron chi connectivity index (χ3n) is 4.92. The first-order chi connectivity index (χ1) is 12.1. The van der Waals surface area contributed by atoms with Crippen molar-refractivity contribution in [3.63, 3.8) is 0 Å². The lowest BCUT2D eigenvalue weighted by Crippen LogP contribution is -2.10. The molecule has 0 heterocycles. The zero-order valence-electron chi connectivity index (χ0n) is 15.7. The quantitative estimate of drug-likeness (QED) is 0.475. The summed E-state index contributed by atoms with van der Waals surface area (Å²) in [5.41, 5.74) is 7.52. The largest absolute Gasteiger partial charge is 0.311 e. The van der Waals surface area contributed by atoms with Crippen molar-refractivity contribution >= 4 is 17.1 Å². The summed E-state index contributed by atoms with van der Waals surface area (Å²) in [6.07, 6.45) is 1.17. The van der Waals surface area contributed by atoms with E-state index in [1.165, 1.54) is 40.2 Å². The van der Waals surface area contributed by atoms with Gasteiger partial charge in [-0.15, -0.1) is 0 Å². The van der Waals surface area contributed by atoms with Crippen molar-refractivity contribution in [3.8, 4) is 0 Å². The predicted molar refractivity (Wildman–Crippen MR) is 109 cm³/mol. The second-order valence-electron chi connectivity index (χ2n) is 6.91. The minimum atomic E-state index is 0.598. The molecule has 0 saturated carbocycles. The maximum Gasteiger partial charge on any atom is 0.0461 e. The van der Waals surface area contributed by atoms with Crippen LogP contribution in [0.4, 0.5) is 17.1 Å². The van der Waals surface area contributed by atoms with E-state index in [9.17, 15) is 0 Å². The molecule has 0 aliphatic heterocycles. The summed E-state index contributed by atoms with van der Waals surface area (Å²) in [5, 5.41) is 0. The van der Waals surface area contributed by atoms with Gasteiger partial charge in [-0.3, -0.25) is 0 Å². The highest BCUT2D eigenvalue weighted by molar-refractivity contribution is 5.76. The first kappa shape index (κ1) is 17.3. The van der Waals surface area contributed by atoms with Gasteiger partial charge in [-0.05, 0) is 68.1 Å². The molecule has 25 heavy (non-hydrogen) atoms. The van der Waals surface area contributed by atoms with Crippen LogP contribution in [0.25, 0.3) is 0 Å². The number of anilines is 3. The smallest absolute Gasteiger partial charge is 0.0461 e. The minimum absolute atomic E-state index is 0.598. The Balaban J connectivity index is 2.04. The van der Waals surface area contributed by atoms with Gasteiger partial charge in [0, 0.05) is 17.1 Å². The van der Waals surface area contributed by atoms with Gasteiger partial charge < -0.3 is 4.90 Å². The topological polar surface area (TPSA) is 3.24 Å². The summed E-state index contributed by atoms with van der Waals surface area (Å²) in [5.74, 6) is 0.598. The lowest BCUT2D eigenvalue weighted by molar-refractivity contribution is 0.733. The number of aryl methyl sites for hydroxylation is 2. The Morgan fingerprint density at radius 1 is 0.640 bits per heavy atom. The molecule has 0 aliphatic carbocycles. The number of hydrogen-bond donors (Lipinski definition) is 0. The van der Waals surface area contributed by atoms with Crippen LogP contribution in [0.5, 0.6) is 0 Å². The van der Waals surface area contributed by atoms with E-state index >= 15 is 0 Å². The standard InChI is InChI=1S/C24H27N/c1-5-20(4)21-10-16-24(17-11-21)25(22-12-6-18(2)7-13-22)23-14-8-19(3)9-15-23/h6-17,20H,5H2,1-4H3. The first-order valence-corrected chi connectivity index (χ1v) is 9.12. The molecule has 0 aliphatic rings. The predicted octanol–water partition coefficient (Wildman–Crippen LogP) is 7.29. The molecule has 0 spiro atoms. The molecule has 3 rings (SSSR count). The average molecular weight is 329 g/mol. The molecule has 0 bridgehead atoms. The Morgan fingerprint density at radius 2 is 1.00 bits per heavy atom. The maximum atomic E-state index is 2.32. The van der Waals surface area contributed by atoms with Crippen LogP contribution in [0.3, 0.4) is 0 Å². The summed E-state index contributed by atoms with van der Waals surface area (Å²) < 4.78 is 0. The fourth-order valence-corrected chi connectivity index (χ4v) is 3.02. The van der Waals surface area contributed by atoms with E-state index in [1.54, 1.807) is 0 Å². The van der Waals surface area contributed by atoms with E-state index in [1.807, 2.05) is 0 Å². The summed E-state index contributed by atoms with van der Waals surface area (Å²) in [4.78, 5) is 2.32. The fraction of sp³-hybridized carbons (Fsp3) is 0.250. The van der Waals surface area contributed by atoms with Crippen LogP contribution in [0.2, 0.25) is 0 Å². The zero-order valence-corrected chi connectivity index (χ0v) is 15.7. The van der Waals surface area contributed by atoms with Gasteiger partial charge in [0.1, 0.15) is 0 Å². The summed E-state index contributed by atoms with van der Waals surface area (Å²) in [6, 6.07) is 26.5. The molecule has 0 aromatic heterocycles. The van der Waals surface area contributed by atoms with E-state index in [0.717, 1.165) is 0 Å². The molecule has 0 fully saturated rings. The molecule has 1 nitrogen and oxygen atoms in total. The highest BCUT2D eigenvalue weighted by Crippen LogP contribution is 2.35. The monoisotopic (exact) mass is 329 g/mol. The number of hydrogen-bond acceptors (Lipinski definition) is 1. The van der Waals surface area contributed by atoms with E-state index in [2.05, 4.69) is 105 Å². The molecule has 0 radical (unpaired) electrons. The van der Waals surface area contributed by atoms with Gasteiger partial charge in [0.15, 0.2) is 0 Å². The highest BCUT2D eigenvalue weighted by Gasteiger charge is 2.13. The van der Waals surface area contributed by atoms with Crippen molar-refractivity contribution in [3.05, 3.63) is 89.5 Å². The highest BCUT2D eigenvalue weighted by atomic mass is 15.1. The Kier molecular flexibility index (Phi) is 5.23. The molecule has 128 valence electrons. The van der Waals surface area contributed by atoms with E-state index < -0.39 is 0 Å². The molecule has 3 aromatic carbocycles. The minimum Gasteiger partial charge on any atom is -0.311 e. The van der Waals surface area contributed by atoms with Crippen molar-refractivity contribution in [2.45, 2.75) is 40.0 Å². The van der Waals surface area contributed by atoms with Gasteiger partial charge in [-0.1, -0.05) is 61.4 Å². The van der Waals surface area contributed by atoms with Crippen LogP contribution in [0, 0.1) is 13.8 Å². The van der Waals surface area contributed by atoms with Gasteiger partial charge in [-0.25, -0.2) is 0 Å². The second-order valence-corrected chi connectivity index (χ2v) is 6.91. The van der Waals surface area contributed by atoms with Gasteiger partial charge in [0.25, 0.3) is 0 Å². The third kappa shape index (κ3) is 3.93. The van der Waals surface area contributed by atoms with Crippen LogP contribution in [0.15, 0.2) is 72.8 Å². The fourth-order valence-electron chi connectivity index (χ4n) is 3.02. The molecule has 0 amide bonds. The lowest BCUT2D eigenvalue weighted by Gasteiger charge is -2.26. The zero-order chi connectivity index (χ0) is 17.8. The van der Waals surface area contributed by atoms with Crippen LogP contribution in [-0.4, -0.2) is 0 Å². The van der Waals surface area contributed by atoms with Crippen LogP contribution in [-0.2, 0) is 0 Å². The lowest BCUT2D eigenvalue weighted by atomic mass is 9.98. The van der Waals surface area contributed by atoms with Crippen molar-refractivity contribution < 1.29 is 0 Å². The normalized spacial score (nSPS) is 12.0. The van der Waals surface area contributed by atoms with Crippen molar-refractivity contribution in [1.29, 1.82) is 0 Å². The molecule has 0 saturated heterocycles. The number of nitrogens with zero attached hydrogens (tertiary/aromatic N) is 1.